The average Bonchev–Trinajstić information content (AvgIpc) is 2.63. The van der Waals surface area contributed by atoms with Gasteiger partial charge in [0.2, 0.25) is 5.13 Å². The second-order valence-corrected chi connectivity index (χ2v) is 4.37. The molecule has 0 bridgehead atoms. The Morgan fingerprint density at radius 3 is 3.15 bits per heavy atom. The van der Waals surface area contributed by atoms with Crippen molar-refractivity contribution in [3.8, 4) is 0 Å². The van der Waals surface area contributed by atoms with Crippen molar-refractivity contribution in [1.29, 1.82) is 0 Å². The van der Waals surface area contributed by atoms with Crippen molar-refractivity contribution in [1.82, 2.24) is 9.36 Å². The number of thioether (sulfide) groups is 1. The number of hydrogen-bond donors (Lipinski definition) is 2. The third kappa shape index (κ3) is 5.07. The number of aliphatic hydroxyl groups excluding tert-OH is 1. The topological polar surface area (TPSA) is 58.0 Å². The second kappa shape index (κ2) is 7.11. The lowest BCUT2D eigenvalue weighted by atomic mass is 10.5. The molecule has 4 nitrogen and oxygen atoms in total. The highest BCUT2D eigenvalue weighted by atomic mass is 32.2. The van der Waals surface area contributed by atoms with Gasteiger partial charge in [-0.1, -0.05) is 0 Å². The molecule has 0 amide bonds. The van der Waals surface area contributed by atoms with Gasteiger partial charge >= 0.3 is 0 Å². The molecule has 0 unspecified atom stereocenters. The van der Waals surface area contributed by atoms with Gasteiger partial charge in [-0.2, -0.15) is 16.1 Å². The summed E-state index contributed by atoms with van der Waals surface area (Å²) in [6.07, 6.45) is 2.43. The maximum absolute atomic E-state index is 8.53. The Balaban J connectivity index is 1.90. The number of hydrogen-bond acceptors (Lipinski definition) is 6. The zero-order valence-corrected chi connectivity index (χ0v) is 8.90. The van der Waals surface area contributed by atoms with Gasteiger partial charge < -0.3 is 10.4 Å². The molecule has 6 heteroatoms. The number of rotatable bonds is 7. The van der Waals surface area contributed by atoms with Crippen molar-refractivity contribution in [3.63, 3.8) is 0 Å². The molecule has 74 valence electrons. The van der Waals surface area contributed by atoms with Crippen LogP contribution >= 0.6 is 23.3 Å². The molecule has 1 heterocycles. The first kappa shape index (κ1) is 10.7. The van der Waals surface area contributed by atoms with Gasteiger partial charge in [-0.3, -0.25) is 0 Å². The van der Waals surface area contributed by atoms with E-state index in [1.807, 2.05) is 11.8 Å². The van der Waals surface area contributed by atoms with Gasteiger partial charge in [-0.25, -0.2) is 4.98 Å². The summed E-state index contributed by atoms with van der Waals surface area (Å²) < 4.78 is 3.88. The summed E-state index contributed by atoms with van der Waals surface area (Å²) in [6.45, 7) is 1.20. The monoisotopic (exact) mass is 219 g/mol. The molecule has 0 spiro atoms. The molecule has 13 heavy (non-hydrogen) atoms. The quantitative estimate of drug-likeness (QED) is 0.672. The molecular formula is C7H13N3OS2. The zero-order chi connectivity index (χ0) is 9.36. The maximum Gasteiger partial charge on any atom is 0.202 e. The standard InChI is InChI=1S/C7H13N3OS2/c11-3-1-4-12-5-2-8-7-9-6-10-13-7/h6,11H,1-5H2,(H,8,9,10). The highest BCUT2D eigenvalue weighted by Crippen LogP contribution is 2.07. The minimum atomic E-state index is 0.289. The Labute approximate surface area is 85.9 Å². The minimum absolute atomic E-state index is 0.289. The molecule has 1 aromatic rings. The molecule has 0 fully saturated rings. The third-order valence-corrected chi connectivity index (χ3v) is 3.02. The van der Waals surface area contributed by atoms with E-state index in [1.54, 1.807) is 6.33 Å². The van der Waals surface area contributed by atoms with Gasteiger partial charge in [0.25, 0.3) is 0 Å². The van der Waals surface area contributed by atoms with E-state index in [0.717, 1.165) is 29.6 Å². The summed E-state index contributed by atoms with van der Waals surface area (Å²) in [5.74, 6) is 2.06. The summed E-state index contributed by atoms with van der Waals surface area (Å²) in [7, 11) is 0. The predicted octanol–water partition coefficient (Wildman–Crippen LogP) is 1.07. The molecule has 0 radical (unpaired) electrons. The Bertz CT molecular complexity index is 206. The van der Waals surface area contributed by atoms with Crippen molar-refractivity contribution >= 4 is 28.4 Å². The van der Waals surface area contributed by atoms with Crippen molar-refractivity contribution in [2.75, 3.05) is 30.0 Å². The predicted molar refractivity (Wildman–Crippen MR) is 57.4 cm³/mol. The first-order valence-electron chi connectivity index (χ1n) is 4.12. The fourth-order valence-corrected chi connectivity index (χ4v) is 1.99. The molecule has 1 aromatic heterocycles. The van der Waals surface area contributed by atoms with Crippen molar-refractivity contribution in [3.05, 3.63) is 6.33 Å². The number of nitrogens with zero attached hydrogens (tertiary/aromatic N) is 2. The van der Waals surface area contributed by atoms with Crippen LogP contribution in [0, 0.1) is 0 Å². The highest BCUT2D eigenvalue weighted by Gasteiger charge is 1.93. The summed E-state index contributed by atoms with van der Waals surface area (Å²) in [6, 6.07) is 0. The van der Waals surface area contributed by atoms with Crippen LogP contribution in [0.25, 0.3) is 0 Å². The highest BCUT2D eigenvalue weighted by molar-refractivity contribution is 7.99. The maximum atomic E-state index is 8.53. The normalized spacial score (nSPS) is 10.2. The van der Waals surface area contributed by atoms with E-state index in [4.69, 9.17) is 5.11 Å². The molecule has 0 saturated heterocycles. The van der Waals surface area contributed by atoms with E-state index in [9.17, 15) is 0 Å². The van der Waals surface area contributed by atoms with Crippen molar-refractivity contribution in [2.45, 2.75) is 6.42 Å². The zero-order valence-electron chi connectivity index (χ0n) is 7.27. The number of nitrogens with one attached hydrogen (secondary N) is 1. The first-order chi connectivity index (χ1) is 6.43. The van der Waals surface area contributed by atoms with Gasteiger partial charge in [-0.15, -0.1) is 0 Å². The van der Waals surface area contributed by atoms with Crippen LogP contribution in [-0.4, -0.2) is 39.1 Å². The van der Waals surface area contributed by atoms with Gasteiger partial charge in [0.15, 0.2) is 0 Å². The lowest BCUT2D eigenvalue weighted by Gasteiger charge is -2.00. The summed E-state index contributed by atoms with van der Waals surface area (Å²) in [5.41, 5.74) is 0. The van der Waals surface area contributed by atoms with Crippen LogP contribution in [0.5, 0.6) is 0 Å². The van der Waals surface area contributed by atoms with E-state index in [2.05, 4.69) is 14.7 Å². The van der Waals surface area contributed by atoms with E-state index in [0.29, 0.717) is 0 Å². The number of aromatic nitrogens is 2. The van der Waals surface area contributed by atoms with Crippen LogP contribution in [0.3, 0.4) is 0 Å². The minimum Gasteiger partial charge on any atom is -0.396 e. The molecule has 0 aromatic carbocycles. The molecule has 1 rings (SSSR count). The summed E-state index contributed by atoms with van der Waals surface area (Å²) >= 11 is 3.20. The Morgan fingerprint density at radius 1 is 1.54 bits per heavy atom. The Hall–Kier alpha value is -0.330. The lowest BCUT2D eigenvalue weighted by Crippen LogP contribution is -2.04. The molecule has 0 aliphatic rings. The average molecular weight is 219 g/mol. The van der Waals surface area contributed by atoms with Crippen molar-refractivity contribution in [2.24, 2.45) is 0 Å². The Kier molecular flexibility index (Phi) is 5.88. The van der Waals surface area contributed by atoms with Crippen LogP contribution in [0.1, 0.15) is 6.42 Å². The SMILES string of the molecule is OCCCSCCNc1ncns1. The summed E-state index contributed by atoms with van der Waals surface area (Å²) in [5, 5.41) is 12.6. The van der Waals surface area contributed by atoms with Gasteiger partial charge in [0.05, 0.1) is 0 Å². The molecule has 0 saturated carbocycles. The summed E-state index contributed by atoms with van der Waals surface area (Å²) in [4.78, 5) is 4.00. The van der Waals surface area contributed by atoms with Crippen LogP contribution in [0.15, 0.2) is 6.33 Å². The van der Waals surface area contributed by atoms with E-state index in [-0.39, 0.29) is 6.61 Å². The van der Waals surface area contributed by atoms with E-state index < -0.39 is 0 Å². The fourth-order valence-electron chi connectivity index (χ4n) is 0.750. The van der Waals surface area contributed by atoms with Crippen LogP contribution in [-0.2, 0) is 0 Å². The van der Waals surface area contributed by atoms with Crippen LogP contribution in [0.2, 0.25) is 0 Å². The lowest BCUT2D eigenvalue weighted by molar-refractivity contribution is 0.296. The molecule has 2 N–H and O–H groups in total. The number of anilines is 1. The fraction of sp³-hybridized carbons (Fsp3) is 0.714. The van der Waals surface area contributed by atoms with Gasteiger partial charge in [0, 0.05) is 30.4 Å². The van der Waals surface area contributed by atoms with Crippen molar-refractivity contribution < 1.29 is 5.11 Å². The molecule has 0 aliphatic carbocycles. The second-order valence-electron chi connectivity index (χ2n) is 2.36. The molecule has 0 atom stereocenters. The number of aliphatic hydroxyl groups is 1. The van der Waals surface area contributed by atoms with E-state index >= 15 is 0 Å². The van der Waals surface area contributed by atoms with E-state index in [1.165, 1.54) is 11.5 Å². The smallest absolute Gasteiger partial charge is 0.202 e. The van der Waals surface area contributed by atoms with Gasteiger partial charge in [0.1, 0.15) is 6.33 Å². The Morgan fingerprint density at radius 2 is 2.46 bits per heavy atom. The largest absolute Gasteiger partial charge is 0.396 e. The van der Waals surface area contributed by atoms with Crippen LogP contribution in [0.4, 0.5) is 5.13 Å². The molecular weight excluding hydrogens is 206 g/mol. The first-order valence-corrected chi connectivity index (χ1v) is 6.05. The van der Waals surface area contributed by atoms with Crippen LogP contribution < -0.4 is 5.32 Å². The van der Waals surface area contributed by atoms with Gasteiger partial charge in [-0.05, 0) is 12.2 Å². The molecule has 0 aliphatic heterocycles. The third-order valence-electron chi connectivity index (χ3n) is 1.33.